The number of aliphatic hydroxyl groups excluding tert-OH is 1. The second kappa shape index (κ2) is 12.3. The molecule has 0 aliphatic carbocycles. The monoisotopic (exact) mass is 370 g/mol. The van der Waals surface area contributed by atoms with Crippen LogP contribution in [0.25, 0.3) is 0 Å². The summed E-state index contributed by atoms with van der Waals surface area (Å²) >= 11 is 0. The van der Waals surface area contributed by atoms with Crippen molar-refractivity contribution in [3.8, 4) is 0 Å². The third-order valence-corrected chi connectivity index (χ3v) is 5.73. The number of nitrogens with zero attached hydrogens (tertiary/aromatic N) is 2. The van der Waals surface area contributed by atoms with E-state index in [1.807, 2.05) is 0 Å². The summed E-state index contributed by atoms with van der Waals surface area (Å²) in [6.07, 6.45) is 7.53. The van der Waals surface area contributed by atoms with E-state index in [1.54, 1.807) is 0 Å². The third kappa shape index (κ3) is 9.14. The normalized spacial score (nSPS) is 25.0. The highest BCUT2D eigenvalue weighted by Gasteiger charge is 2.21. The van der Waals surface area contributed by atoms with Crippen LogP contribution in [0.2, 0.25) is 0 Å². The summed E-state index contributed by atoms with van der Waals surface area (Å²) in [6.45, 7) is 14.6. The van der Waals surface area contributed by atoms with E-state index in [0.29, 0.717) is 12.2 Å². The molecule has 0 bridgehead atoms. The van der Waals surface area contributed by atoms with E-state index < -0.39 is 0 Å². The molecule has 2 unspecified atom stereocenters. The Morgan fingerprint density at radius 2 is 1.69 bits per heavy atom. The molecule has 2 atom stereocenters. The zero-order chi connectivity index (χ0) is 18.8. The Hall–Kier alpha value is -0.200. The summed E-state index contributed by atoms with van der Waals surface area (Å²) in [5, 5.41) is 9.71. The lowest BCUT2D eigenvalue weighted by Gasteiger charge is -2.33. The van der Waals surface area contributed by atoms with Gasteiger partial charge in [0.1, 0.15) is 0 Å². The lowest BCUT2D eigenvalue weighted by molar-refractivity contribution is 0.0211. The Bertz CT molecular complexity index is 359. The number of hydrogen-bond donors (Lipinski definition) is 1. The maximum atomic E-state index is 9.71. The van der Waals surface area contributed by atoms with Crippen molar-refractivity contribution < 1.29 is 14.6 Å². The van der Waals surface area contributed by atoms with Gasteiger partial charge in [0.25, 0.3) is 0 Å². The SMILES string of the molecule is CC(C)OCCN1CCC(CC(C)OCCCN2CCCC(O)C2)CC1. The molecular weight excluding hydrogens is 328 g/mol. The van der Waals surface area contributed by atoms with Gasteiger partial charge in [-0.1, -0.05) is 0 Å². The van der Waals surface area contributed by atoms with Crippen LogP contribution in [0.15, 0.2) is 0 Å². The second-order valence-electron chi connectivity index (χ2n) is 8.57. The fraction of sp³-hybridized carbons (Fsp3) is 1.00. The maximum absolute atomic E-state index is 9.71. The van der Waals surface area contributed by atoms with E-state index in [2.05, 4.69) is 30.6 Å². The molecule has 0 spiro atoms. The summed E-state index contributed by atoms with van der Waals surface area (Å²) in [4.78, 5) is 4.92. The zero-order valence-electron chi connectivity index (χ0n) is 17.4. The smallest absolute Gasteiger partial charge is 0.0667 e. The molecule has 2 saturated heterocycles. The first-order valence-corrected chi connectivity index (χ1v) is 10.9. The number of hydrogen-bond acceptors (Lipinski definition) is 5. The van der Waals surface area contributed by atoms with Crippen LogP contribution in [0.3, 0.4) is 0 Å². The summed E-state index contributed by atoms with van der Waals surface area (Å²) in [6, 6.07) is 0. The van der Waals surface area contributed by atoms with E-state index in [1.165, 1.54) is 32.4 Å². The molecule has 5 heteroatoms. The quantitative estimate of drug-likeness (QED) is 0.567. The van der Waals surface area contributed by atoms with Gasteiger partial charge in [-0.15, -0.1) is 0 Å². The molecule has 2 aliphatic heterocycles. The van der Waals surface area contributed by atoms with Crippen LogP contribution in [0.1, 0.15) is 59.3 Å². The maximum Gasteiger partial charge on any atom is 0.0667 e. The van der Waals surface area contributed by atoms with E-state index in [9.17, 15) is 5.11 Å². The molecule has 5 nitrogen and oxygen atoms in total. The highest BCUT2D eigenvalue weighted by molar-refractivity contribution is 4.74. The molecule has 0 radical (unpaired) electrons. The first-order chi connectivity index (χ1) is 12.5. The largest absolute Gasteiger partial charge is 0.392 e. The molecule has 2 rings (SSSR count). The van der Waals surface area contributed by atoms with Crippen molar-refractivity contribution in [3.63, 3.8) is 0 Å². The van der Waals surface area contributed by atoms with Gasteiger partial charge < -0.3 is 24.4 Å². The molecule has 0 aromatic carbocycles. The van der Waals surface area contributed by atoms with Crippen LogP contribution < -0.4 is 0 Å². The molecule has 26 heavy (non-hydrogen) atoms. The first kappa shape index (κ1) is 22.1. The van der Waals surface area contributed by atoms with E-state index in [4.69, 9.17) is 9.47 Å². The highest BCUT2D eigenvalue weighted by Crippen LogP contribution is 2.23. The van der Waals surface area contributed by atoms with Gasteiger partial charge in [0.05, 0.1) is 24.9 Å². The Morgan fingerprint density at radius 1 is 0.923 bits per heavy atom. The molecule has 0 aromatic heterocycles. The molecule has 0 amide bonds. The van der Waals surface area contributed by atoms with E-state index in [0.717, 1.165) is 64.6 Å². The predicted molar refractivity (Wildman–Crippen MR) is 107 cm³/mol. The molecular formula is C21H42N2O3. The van der Waals surface area contributed by atoms with Gasteiger partial charge in [0, 0.05) is 26.2 Å². The first-order valence-electron chi connectivity index (χ1n) is 10.9. The van der Waals surface area contributed by atoms with Gasteiger partial charge in [-0.3, -0.25) is 0 Å². The second-order valence-corrected chi connectivity index (χ2v) is 8.57. The van der Waals surface area contributed by atoms with Gasteiger partial charge in [-0.25, -0.2) is 0 Å². The van der Waals surface area contributed by atoms with E-state index >= 15 is 0 Å². The van der Waals surface area contributed by atoms with Crippen LogP contribution in [-0.4, -0.2) is 85.7 Å². The Balaban J connectivity index is 1.47. The van der Waals surface area contributed by atoms with Crippen molar-refractivity contribution in [3.05, 3.63) is 0 Å². The van der Waals surface area contributed by atoms with Crippen molar-refractivity contribution in [1.82, 2.24) is 9.80 Å². The Labute approximate surface area is 161 Å². The van der Waals surface area contributed by atoms with Gasteiger partial charge in [0.15, 0.2) is 0 Å². The minimum atomic E-state index is -0.119. The van der Waals surface area contributed by atoms with Crippen molar-refractivity contribution in [2.24, 2.45) is 5.92 Å². The summed E-state index contributed by atoms with van der Waals surface area (Å²) in [5.74, 6) is 0.810. The molecule has 2 fully saturated rings. The third-order valence-electron chi connectivity index (χ3n) is 5.73. The van der Waals surface area contributed by atoms with Crippen molar-refractivity contribution in [2.75, 3.05) is 52.5 Å². The van der Waals surface area contributed by atoms with Gasteiger partial charge in [-0.05, 0) is 84.8 Å². The van der Waals surface area contributed by atoms with Crippen LogP contribution >= 0.6 is 0 Å². The van der Waals surface area contributed by atoms with Crippen LogP contribution in [0, 0.1) is 5.92 Å². The van der Waals surface area contributed by atoms with Crippen LogP contribution in [-0.2, 0) is 9.47 Å². The number of β-amino-alcohol motifs (C(OH)–C–C–N with tert-alkyl or cyclic N) is 1. The van der Waals surface area contributed by atoms with Crippen molar-refractivity contribution in [2.45, 2.75) is 77.6 Å². The number of likely N-dealkylation sites (tertiary alicyclic amines) is 2. The summed E-state index contributed by atoms with van der Waals surface area (Å²) < 4.78 is 11.7. The lowest BCUT2D eigenvalue weighted by Crippen LogP contribution is -2.39. The molecule has 2 heterocycles. The van der Waals surface area contributed by atoms with Gasteiger partial charge in [-0.2, -0.15) is 0 Å². The Morgan fingerprint density at radius 3 is 2.38 bits per heavy atom. The molecule has 0 aromatic rings. The van der Waals surface area contributed by atoms with Gasteiger partial charge in [0.2, 0.25) is 0 Å². The van der Waals surface area contributed by atoms with E-state index in [-0.39, 0.29) is 6.10 Å². The number of piperidine rings is 2. The molecule has 0 saturated carbocycles. The van der Waals surface area contributed by atoms with Crippen LogP contribution in [0.5, 0.6) is 0 Å². The molecule has 154 valence electrons. The summed E-state index contributed by atoms with van der Waals surface area (Å²) in [7, 11) is 0. The van der Waals surface area contributed by atoms with Gasteiger partial charge >= 0.3 is 0 Å². The average molecular weight is 371 g/mol. The van der Waals surface area contributed by atoms with Crippen LogP contribution in [0.4, 0.5) is 0 Å². The van der Waals surface area contributed by atoms with Crippen molar-refractivity contribution in [1.29, 1.82) is 0 Å². The number of aliphatic hydroxyl groups is 1. The zero-order valence-corrected chi connectivity index (χ0v) is 17.4. The lowest BCUT2D eigenvalue weighted by atomic mass is 9.91. The highest BCUT2D eigenvalue weighted by atomic mass is 16.5. The molecule has 1 N–H and O–H groups in total. The average Bonchev–Trinajstić information content (AvgIpc) is 2.60. The minimum absolute atomic E-state index is 0.119. The van der Waals surface area contributed by atoms with Crippen molar-refractivity contribution >= 4 is 0 Å². The fourth-order valence-corrected chi connectivity index (χ4v) is 4.21. The fourth-order valence-electron chi connectivity index (χ4n) is 4.21. The number of ether oxygens (including phenoxy) is 2. The number of rotatable bonds is 11. The topological polar surface area (TPSA) is 45.2 Å². The summed E-state index contributed by atoms with van der Waals surface area (Å²) in [5.41, 5.74) is 0. The minimum Gasteiger partial charge on any atom is -0.392 e. The Kier molecular flexibility index (Phi) is 10.4. The standard InChI is InChI=1S/C21H42N2O3/c1-18(2)25-15-13-22-11-7-20(8-12-22)16-19(3)26-14-5-10-23-9-4-6-21(24)17-23/h18-21,24H,4-17H2,1-3H3. The molecule has 2 aliphatic rings. The predicted octanol–water partition coefficient (Wildman–Crippen LogP) is 2.77.